The standard InChI is InChI=1S/C13H16Cl2N2O.ClH/c1-16-9-4-3-7-17(8-9)13(18)10-5-2-6-11(14)12(10)15;/h2,5-6,9,16H,3-4,7-8H2,1H3;1H. The number of piperidine rings is 1. The molecule has 3 nitrogen and oxygen atoms in total. The van der Waals surface area contributed by atoms with Crippen LogP contribution in [-0.4, -0.2) is 37.0 Å². The summed E-state index contributed by atoms with van der Waals surface area (Å²) in [5.41, 5.74) is 0.487. The van der Waals surface area contributed by atoms with Crippen molar-refractivity contribution in [2.75, 3.05) is 20.1 Å². The van der Waals surface area contributed by atoms with Gasteiger partial charge >= 0.3 is 0 Å². The Labute approximate surface area is 129 Å². The first kappa shape index (κ1) is 16.6. The Morgan fingerprint density at radius 2 is 2.16 bits per heavy atom. The summed E-state index contributed by atoms with van der Waals surface area (Å²) in [6.07, 6.45) is 2.11. The highest BCUT2D eigenvalue weighted by Crippen LogP contribution is 2.27. The van der Waals surface area contributed by atoms with E-state index in [0.29, 0.717) is 21.7 Å². The molecule has 2 rings (SSSR count). The van der Waals surface area contributed by atoms with Crippen molar-refractivity contribution in [3.8, 4) is 0 Å². The van der Waals surface area contributed by atoms with Gasteiger partial charge in [0, 0.05) is 19.1 Å². The minimum Gasteiger partial charge on any atom is -0.337 e. The van der Waals surface area contributed by atoms with E-state index in [2.05, 4.69) is 5.32 Å². The predicted octanol–water partition coefficient (Wildman–Crippen LogP) is 3.24. The molecule has 1 heterocycles. The first-order valence-corrected chi connectivity index (χ1v) is 6.79. The highest BCUT2D eigenvalue weighted by Gasteiger charge is 2.25. The average Bonchev–Trinajstić information content (AvgIpc) is 2.41. The van der Waals surface area contributed by atoms with E-state index in [1.165, 1.54) is 0 Å². The van der Waals surface area contributed by atoms with Crippen LogP contribution in [0.3, 0.4) is 0 Å². The Bertz CT molecular complexity index is 454. The third kappa shape index (κ3) is 3.76. The summed E-state index contributed by atoms with van der Waals surface area (Å²) in [4.78, 5) is 14.2. The van der Waals surface area contributed by atoms with Gasteiger partial charge in [0.05, 0.1) is 15.6 Å². The summed E-state index contributed by atoms with van der Waals surface area (Å²) in [7, 11) is 1.92. The molecule has 1 amide bonds. The molecule has 0 bridgehead atoms. The van der Waals surface area contributed by atoms with Gasteiger partial charge < -0.3 is 10.2 Å². The van der Waals surface area contributed by atoms with Crippen LogP contribution >= 0.6 is 35.6 Å². The summed E-state index contributed by atoms with van der Waals surface area (Å²) in [6, 6.07) is 5.52. The molecular weight excluding hydrogens is 307 g/mol. The lowest BCUT2D eigenvalue weighted by Gasteiger charge is -2.32. The second-order valence-corrected chi connectivity index (χ2v) is 5.27. The maximum absolute atomic E-state index is 12.4. The van der Waals surface area contributed by atoms with Gasteiger partial charge in [-0.25, -0.2) is 0 Å². The lowest BCUT2D eigenvalue weighted by molar-refractivity contribution is 0.0698. The highest BCUT2D eigenvalue weighted by molar-refractivity contribution is 6.43. The van der Waals surface area contributed by atoms with Crippen molar-refractivity contribution in [3.05, 3.63) is 33.8 Å². The Balaban J connectivity index is 0.00000180. The molecule has 106 valence electrons. The zero-order valence-electron chi connectivity index (χ0n) is 10.7. The van der Waals surface area contributed by atoms with Crippen molar-refractivity contribution in [1.29, 1.82) is 0 Å². The van der Waals surface area contributed by atoms with Gasteiger partial charge in [0.1, 0.15) is 0 Å². The van der Waals surface area contributed by atoms with Gasteiger partial charge in [-0.15, -0.1) is 12.4 Å². The van der Waals surface area contributed by atoms with Crippen molar-refractivity contribution in [2.45, 2.75) is 18.9 Å². The maximum Gasteiger partial charge on any atom is 0.255 e. The second kappa shape index (κ2) is 7.34. The summed E-state index contributed by atoms with van der Waals surface area (Å²) >= 11 is 12.0. The summed E-state index contributed by atoms with van der Waals surface area (Å²) in [6.45, 7) is 1.50. The molecule has 1 fully saturated rings. The van der Waals surface area contributed by atoms with Gasteiger partial charge in [-0.1, -0.05) is 29.3 Å². The lowest BCUT2D eigenvalue weighted by Crippen LogP contribution is -2.47. The van der Waals surface area contributed by atoms with Crippen LogP contribution in [0.15, 0.2) is 18.2 Å². The quantitative estimate of drug-likeness (QED) is 0.906. The molecule has 0 aromatic heterocycles. The van der Waals surface area contributed by atoms with Crippen LogP contribution in [0, 0.1) is 0 Å². The number of hydrogen-bond acceptors (Lipinski definition) is 2. The number of hydrogen-bond donors (Lipinski definition) is 1. The molecule has 0 aliphatic carbocycles. The van der Waals surface area contributed by atoms with E-state index in [1.807, 2.05) is 11.9 Å². The van der Waals surface area contributed by atoms with E-state index >= 15 is 0 Å². The number of carbonyl (C=O) groups excluding carboxylic acids is 1. The number of benzene rings is 1. The van der Waals surface area contributed by atoms with Crippen LogP contribution in [0.1, 0.15) is 23.2 Å². The van der Waals surface area contributed by atoms with Crippen molar-refractivity contribution >= 4 is 41.5 Å². The number of likely N-dealkylation sites (tertiary alicyclic amines) is 1. The number of nitrogens with zero attached hydrogens (tertiary/aromatic N) is 1. The smallest absolute Gasteiger partial charge is 0.255 e. The van der Waals surface area contributed by atoms with Gasteiger partial charge in [-0.05, 0) is 32.0 Å². The zero-order valence-corrected chi connectivity index (χ0v) is 13.0. The maximum atomic E-state index is 12.4. The zero-order chi connectivity index (χ0) is 13.1. The van der Waals surface area contributed by atoms with Crippen molar-refractivity contribution in [1.82, 2.24) is 10.2 Å². The molecule has 1 aliphatic rings. The van der Waals surface area contributed by atoms with Gasteiger partial charge in [0.25, 0.3) is 5.91 Å². The summed E-state index contributed by atoms with van der Waals surface area (Å²) in [5.74, 6) is -0.0394. The van der Waals surface area contributed by atoms with Crippen molar-refractivity contribution in [2.24, 2.45) is 0 Å². The van der Waals surface area contributed by atoms with E-state index in [-0.39, 0.29) is 18.3 Å². The largest absolute Gasteiger partial charge is 0.337 e. The number of nitrogens with one attached hydrogen (secondary N) is 1. The first-order chi connectivity index (χ1) is 8.63. The lowest BCUT2D eigenvalue weighted by atomic mass is 10.0. The van der Waals surface area contributed by atoms with Crippen LogP contribution in [0.25, 0.3) is 0 Å². The van der Waals surface area contributed by atoms with E-state index in [0.717, 1.165) is 25.9 Å². The molecule has 1 aromatic carbocycles. The molecule has 1 aliphatic heterocycles. The van der Waals surface area contributed by atoms with E-state index in [4.69, 9.17) is 23.2 Å². The second-order valence-electron chi connectivity index (χ2n) is 4.48. The fourth-order valence-corrected chi connectivity index (χ4v) is 2.62. The fraction of sp³-hybridized carbons (Fsp3) is 0.462. The molecule has 1 saturated heterocycles. The number of carbonyl (C=O) groups is 1. The van der Waals surface area contributed by atoms with E-state index in [1.54, 1.807) is 18.2 Å². The Morgan fingerprint density at radius 1 is 1.42 bits per heavy atom. The van der Waals surface area contributed by atoms with Crippen molar-refractivity contribution in [3.63, 3.8) is 0 Å². The van der Waals surface area contributed by atoms with Crippen LogP contribution in [0.2, 0.25) is 10.0 Å². The summed E-state index contributed by atoms with van der Waals surface area (Å²) in [5, 5.41) is 3.98. The SMILES string of the molecule is CNC1CCCN(C(=O)c2cccc(Cl)c2Cl)C1.Cl. The molecule has 6 heteroatoms. The predicted molar refractivity (Wildman–Crippen MR) is 81.7 cm³/mol. The summed E-state index contributed by atoms with van der Waals surface area (Å²) < 4.78 is 0. The fourth-order valence-electron chi connectivity index (χ4n) is 2.24. The molecule has 1 aromatic rings. The third-order valence-electron chi connectivity index (χ3n) is 3.30. The molecule has 1 unspecified atom stereocenters. The molecule has 0 spiro atoms. The first-order valence-electron chi connectivity index (χ1n) is 6.04. The van der Waals surface area contributed by atoms with Gasteiger partial charge in [0.15, 0.2) is 0 Å². The molecule has 1 atom stereocenters. The Hall–Kier alpha value is -0.480. The molecule has 0 saturated carbocycles. The van der Waals surface area contributed by atoms with E-state index in [9.17, 15) is 4.79 Å². The number of halogens is 3. The molecular formula is C13H17Cl3N2O. The van der Waals surface area contributed by atoms with Gasteiger partial charge in [0.2, 0.25) is 0 Å². The van der Waals surface area contributed by atoms with Crippen LogP contribution in [0.5, 0.6) is 0 Å². The van der Waals surface area contributed by atoms with Gasteiger partial charge in [-0.2, -0.15) is 0 Å². The number of likely N-dealkylation sites (N-methyl/N-ethyl adjacent to an activating group) is 1. The van der Waals surface area contributed by atoms with Gasteiger partial charge in [-0.3, -0.25) is 4.79 Å². The Morgan fingerprint density at radius 3 is 2.84 bits per heavy atom. The minimum atomic E-state index is -0.0394. The minimum absolute atomic E-state index is 0. The topological polar surface area (TPSA) is 32.3 Å². The third-order valence-corrected chi connectivity index (χ3v) is 4.12. The van der Waals surface area contributed by atoms with E-state index < -0.39 is 0 Å². The number of rotatable bonds is 2. The van der Waals surface area contributed by atoms with Crippen LogP contribution < -0.4 is 5.32 Å². The van der Waals surface area contributed by atoms with Crippen LogP contribution in [-0.2, 0) is 0 Å². The average molecular weight is 324 g/mol. The number of amides is 1. The monoisotopic (exact) mass is 322 g/mol. The normalized spacial score (nSPS) is 18.9. The molecule has 0 radical (unpaired) electrons. The van der Waals surface area contributed by atoms with Crippen molar-refractivity contribution < 1.29 is 4.79 Å². The highest BCUT2D eigenvalue weighted by atomic mass is 35.5. The Kier molecular flexibility index (Phi) is 6.40. The van der Waals surface area contributed by atoms with Crippen LogP contribution in [0.4, 0.5) is 0 Å². The molecule has 19 heavy (non-hydrogen) atoms. The molecule has 1 N–H and O–H groups in total.